The summed E-state index contributed by atoms with van der Waals surface area (Å²) in [6.07, 6.45) is 4.52. The van der Waals surface area contributed by atoms with Crippen LogP contribution in [0.5, 0.6) is 0 Å². The van der Waals surface area contributed by atoms with Gasteiger partial charge in [0.05, 0.1) is 27.9 Å². The molecule has 130 valence electrons. The van der Waals surface area contributed by atoms with E-state index in [1.165, 1.54) is 4.70 Å². The van der Waals surface area contributed by atoms with Crippen LogP contribution in [0.15, 0.2) is 24.3 Å². The van der Waals surface area contributed by atoms with E-state index in [0.29, 0.717) is 32.6 Å². The molecule has 1 amide bonds. The van der Waals surface area contributed by atoms with E-state index in [4.69, 9.17) is 9.47 Å². The molecule has 2 aromatic rings. The van der Waals surface area contributed by atoms with E-state index in [1.54, 1.807) is 11.3 Å². The van der Waals surface area contributed by atoms with E-state index in [2.05, 4.69) is 16.4 Å². The first-order valence-corrected chi connectivity index (χ1v) is 9.43. The van der Waals surface area contributed by atoms with Crippen LogP contribution in [-0.2, 0) is 20.7 Å². The number of carbonyl (C=O) groups excluding carboxylic acids is 1. The average Bonchev–Trinajstić information content (AvgIpc) is 3.25. The van der Waals surface area contributed by atoms with Crippen molar-refractivity contribution >= 4 is 27.5 Å². The molecule has 1 aromatic heterocycles. The number of carbonyl (C=O) groups is 1. The van der Waals surface area contributed by atoms with Crippen LogP contribution in [0.3, 0.4) is 0 Å². The quantitative estimate of drug-likeness (QED) is 0.708. The Bertz CT molecular complexity index is 620. The molecule has 3 rings (SSSR count). The van der Waals surface area contributed by atoms with Gasteiger partial charge in [-0.3, -0.25) is 4.79 Å². The number of nitrogens with zero attached hydrogens (tertiary/aromatic N) is 1. The van der Waals surface area contributed by atoms with Crippen LogP contribution in [-0.4, -0.2) is 43.4 Å². The smallest absolute Gasteiger partial charge is 0.220 e. The number of fused-ring (bicyclic) bond motifs is 1. The van der Waals surface area contributed by atoms with Crippen molar-refractivity contribution in [1.29, 1.82) is 0 Å². The van der Waals surface area contributed by atoms with E-state index < -0.39 is 0 Å². The van der Waals surface area contributed by atoms with Gasteiger partial charge in [0.15, 0.2) is 0 Å². The number of benzene rings is 1. The first-order chi connectivity index (χ1) is 11.8. The summed E-state index contributed by atoms with van der Waals surface area (Å²) in [5.74, 6) is 0.0772. The van der Waals surface area contributed by atoms with Crippen LogP contribution in [0.4, 0.5) is 0 Å². The molecule has 2 heterocycles. The molecular weight excluding hydrogens is 324 g/mol. The third kappa shape index (κ3) is 5.26. The minimum absolute atomic E-state index is 0.0772. The van der Waals surface area contributed by atoms with Crippen LogP contribution in [0.1, 0.15) is 30.7 Å². The number of rotatable bonds is 9. The van der Waals surface area contributed by atoms with Crippen LogP contribution < -0.4 is 5.32 Å². The molecule has 1 aliphatic heterocycles. The maximum atomic E-state index is 11.9. The number of hydrogen-bond acceptors (Lipinski definition) is 5. The summed E-state index contributed by atoms with van der Waals surface area (Å²) in [6.45, 7) is 2.85. The maximum Gasteiger partial charge on any atom is 0.220 e. The highest BCUT2D eigenvalue weighted by Gasteiger charge is 2.14. The van der Waals surface area contributed by atoms with Crippen LogP contribution >= 0.6 is 11.3 Å². The number of amides is 1. The van der Waals surface area contributed by atoms with Crippen LogP contribution in [0, 0.1) is 0 Å². The van der Waals surface area contributed by atoms with Gasteiger partial charge < -0.3 is 14.8 Å². The number of nitrogens with one attached hydrogen (secondary N) is 1. The molecule has 1 fully saturated rings. The number of aromatic nitrogens is 1. The highest BCUT2D eigenvalue weighted by molar-refractivity contribution is 7.18. The first-order valence-electron chi connectivity index (χ1n) is 8.62. The van der Waals surface area contributed by atoms with Crippen molar-refractivity contribution in [1.82, 2.24) is 10.3 Å². The fraction of sp³-hybridized carbons (Fsp3) is 0.556. The summed E-state index contributed by atoms with van der Waals surface area (Å²) in [5.41, 5.74) is 1.02. The Morgan fingerprint density at radius 2 is 2.33 bits per heavy atom. The zero-order valence-corrected chi connectivity index (χ0v) is 14.6. The molecule has 0 bridgehead atoms. The van der Waals surface area contributed by atoms with Crippen molar-refractivity contribution in [2.75, 3.05) is 26.4 Å². The predicted molar refractivity (Wildman–Crippen MR) is 95.4 cm³/mol. The van der Waals surface area contributed by atoms with Crippen molar-refractivity contribution in [3.05, 3.63) is 29.3 Å². The summed E-state index contributed by atoms with van der Waals surface area (Å²) in [6, 6.07) is 8.07. The second kappa shape index (κ2) is 9.11. The summed E-state index contributed by atoms with van der Waals surface area (Å²) < 4.78 is 12.2. The Hall–Kier alpha value is -1.50. The molecule has 0 spiro atoms. The lowest BCUT2D eigenvalue weighted by atomic mass is 10.2. The fourth-order valence-corrected chi connectivity index (χ4v) is 3.70. The van der Waals surface area contributed by atoms with Gasteiger partial charge in [-0.25, -0.2) is 4.98 Å². The number of aryl methyl sites for hydroxylation is 1. The largest absolute Gasteiger partial charge is 0.379 e. The minimum atomic E-state index is 0.0772. The monoisotopic (exact) mass is 348 g/mol. The lowest BCUT2D eigenvalue weighted by molar-refractivity contribution is -0.121. The van der Waals surface area contributed by atoms with Gasteiger partial charge in [-0.1, -0.05) is 12.1 Å². The standard InChI is InChI=1S/C18H24N2O3S/c21-17(19-10-4-11-22-13-14-5-3-12-23-14)8-9-18-20-15-6-1-2-7-16(15)24-18/h1-2,6-7,14H,3-5,8-13H2,(H,19,21). The third-order valence-corrected chi connectivity index (χ3v) is 5.12. The highest BCUT2D eigenvalue weighted by Crippen LogP contribution is 2.22. The molecule has 0 radical (unpaired) electrons. The zero-order chi connectivity index (χ0) is 16.6. The molecule has 1 saturated heterocycles. The topological polar surface area (TPSA) is 60.5 Å². The van der Waals surface area contributed by atoms with Crippen molar-refractivity contribution < 1.29 is 14.3 Å². The lowest BCUT2D eigenvalue weighted by Gasteiger charge is -2.10. The number of hydrogen-bond donors (Lipinski definition) is 1. The van der Waals surface area contributed by atoms with E-state index in [9.17, 15) is 4.79 Å². The van der Waals surface area contributed by atoms with Gasteiger partial charge in [0.25, 0.3) is 0 Å². The lowest BCUT2D eigenvalue weighted by Crippen LogP contribution is -2.25. The molecule has 6 heteroatoms. The molecule has 0 aliphatic carbocycles. The Labute approximate surface area is 146 Å². The number of ether oxygens (including phenoxy) is 2. The van der Waals surface area contributed by atoms with E-state index in [-0.39, 0.29) is 12.0 Å². The summed E-state index contributed by atoms with van der Waals surface area (Å²) in [7, 11) is 0. The zero-order valence-electron chi connectivity index (χ0n) is 13.8. The van der Waals surface area contributed by atoms with Gasteiger partial charge >= 0.3 is 0 Å². The summed E-state index contributed by atoms with van der Waals surface area (Å²) in [5, 5.41) is 3.96. The second-order valence-corrected chi connectivity index (χ2v) is 7.10. The van der Waals surface area contributed by atoms with Gasteiger partial charge in [-0.05, 0) is 31.4 Å². The van der Waals surface area contributed by atoms with Crippen molar-refractivity contribution in [2.45, 2.75) is 38.2 Å². The number of thiazole rings is 1. The third-order valence-electron chi connectivity index (χ3n) is 4.02. The van der Waals surface area contributed by atoms with E-state index in [1.807, 2.05) is 18.2 Å². The Balaban J connectivity index is 1.25. The highest BCUT2D eigenvalue weighted by atomic mass is 32.1. The molecule has 1 atom stereocenters. The molecule has 1 N–H and O–H groups in total. The van der Waals surface area contributed by atoms with Crippen LogP contribution in [0.25, 0.3) is 10.2 Å². The van der Waals surface area contributed by atoms with Crippen molar-refractivity contribution in [3.63, 3.8) is 0 Å². The van der Waals surface area contributed by atoms with Crippen LogP contribution in [0.2, 0.25) is 0 Å². The molecule has 24 heavy (non-hydrogen) atoms. The van der Waals surface area contributed by atoms with Gasteiger partial charge in [-0.2, -0.15) is 0 Å². The average molecular weight is 348 g/mol. The minimum Gasteiger partial charge on any atom is -0.379 e. The normalized spacial score (nSPS) is 17.4. The predicted octanol–water partition coefficient (Wildman–Crippen LogP) is 2.93. The molecule has 1 aliphatic rings. The number of para-hydroxylation sites is 1. The van der Waals surface area contributed by atoms with Crippen molar-refractivity contribution in [3.8, 4) is 0 Å². The Kier molecular flexibility index (Phi) is 6.57. The fourth-order valence-electron chi connectivity index (χ4n) is 2.73. The molecule has 5 nitrogen and oxygen atoms in total. The summed E-state index contributed by atoms with van der Waals surface area (Å²) in [4.78, 5) is 16.4. The molecule has 1 unspecified atom stereocenters. The molecule has 1 aromatic carbocycles. The first kappa shape index (κ1) is 17.3. The van der Waals surface area contributed by atoms with Gasteiger partial charge in [0.1, 0.15) is 0 Å². The Morgan fingerprint density at radius 1 is 1.42 bits per heavy atom. The SMILES string of the molecule is O=C(CCc1nc2ccccc2s1)NCCCOCC1CCCO1. The Morgan fingerprint density at radius 3 is 3.17 bits per heavy atom. The molecular formula is C18H24N2O3S. The molecule has 0 saturated carbocycles. The summed E-state index contributed by atoms with van der Waals surface area (Å²) >= 11 is 1.66. The van der Waals surface area contributed by atoms with Gasteiger partial charge in [-0.15, -0.1) is 11.3 Å². The van der Waals surface area contributed by atoms with Gasteiger partial charge in [0.2, 0.25) is 5.91 Å². The van der Waals surface area contributed by atoms with E-state index in [0.717, 1.165) is 36.4 Å². The van der Waals surface area contributed by atoms with Crippen molar-refractivity contribution in [2.24, 2.45) is 0 Å². The van der Waals surface area contributed by atoms with Gasteiger partial charge in [0, 0.05) is 32.6 Å². The maximum absolute atomic E-state index is 11.9. The second-order valence-electron chi connectivity index (χ2n) is 5.99. The van der Waals surface area contributed by atoms with E-state index >= 15 is 0 Å².